The Labute approximate surface area is 208 Å². The number of sulfonamides is 2. The maximum absolute atomic E-state index is 13.1. The normalized spacial score (nSPS) is 21.8. The van der Waals surface area contributed by atoms with Crippen LogP contribution < -0.4 is 9.62 Å². The van der Waals surface area contributed by atoms with E-state index in [1.54, 1.807) is 40.7 Å². The van der Waals surface area contributed by atoms with Crippen molar-refractivity contribution in [2.45, 2.75) is 37.5 Å². The van der Waals surface area contributed by atoms with Crippen molar-refractivity contribution in [2.75, 3.05) is 36.0 Å². The Morgan fingerprint density at radius 2 is 1.54 bits per heavy atom. The standard InChI is InChI=1S/C25H33N3O5S2/c1-18-16-20(17-18)19-12-14-28(15-13-19)35(32,33)22-10-8-21(9-11-22)26-25(29)23-6-4-5-7-24(23)27(2)34(3,30)31/h4-11,18-20H,12-17H2,1-3H3,(H,26,29). The fraction of sp³-hybridized carbons (Fsp3) is 0.480. The van der Waals surface area contributed by atoms with Crippen LogP contribution in [0.2, 0.25) is 0 Å². The van der Waals surface area contributed by atoms with Crippen LogP contribution in [0.3, 0.4) is 0 Å². The van der Waals surface area contributed by atoms with Gasteiger partial charge in [-0.05, 0) is 79.8 Å². The Morgan fingerprint density at radius 1 is 0.943 bits per heavy atom. The van der Waals surface area contributed by atoms with Gasteiger partial charge >= 0.3 is 0 Å². The van der Waals surface area contributed by atoms with E-state index in [0.717, 1.165) is 35.2 Å². The Morgan fingerprint density at radius 3 is 2.11 bits per heavy atom. The number of rotatable bonds is 7. The first kappa shape index (κ1) is 25.7. The van der Waals surface area contributed by atoms with Gasteiger partial charge in [0.05, 0.1) is 22.4 Å². The topological polar surface area (TPSA) is 104 Å². The van der Waals surface area contributed by atoms with Gasteiger partial charge in [0.15, 0.2) is 0 Å². The van der Waals surface area contributed by atoms with Crippen LogP contribution in [0.25, 0.3) is 0 Å². The van der Waals surface area contributed by atoms with E-state index in [9.17, 15) is 21.6 Å². The van der Waals surface area contributed by atoms with Crippen molar-refractivity contribution >= 4 is 37.3 Å². The molecule has 1 amide bonds. The first-order chi connectivity index (χ1) is 16.5. The lowest BCUT2D eigenvalue weighted by Crippen LogP contribution is -2.42. The van der Waals surface area contributed by atoms with Gasteiger partial charge in [0, 0.05) is 25.8 Å². The lowest BCUT2D eigenvalue weighted by molar-refractivity contribution is 0.0973. The van der Waals surface area contributed by atoms with Gasteiger partial charge < -0.3 is 5.32 Å². The first-order valence-electron chi connectivity index (χ1n) is 11.9. The molecule has 1 aliphatic carbocycles. The molecular formula is C25H33N3O5S2. The first-order valence-corrected chi connectivity index (χ1v) is 15.2. The van der Waals surface area contributed by atoms with Crippen LogP contribution >= 0.6 is 0 Å². The number of amides is 1. The highest BCUT2D eigenvalue weighted by molar-refractivity contribution is 7.92. The number of nitrogens with one attached hydrogen (secondary N) is 1. The molecular weight excluding hydrogens is 486 g/mol. The van der Waals surface area contributed by atoms with Crippen LogP contribution in [0.5, 0.6) is 0 Å². The molecule has 2 aromatic rings. The number of hydrogen-bond donors (Lipinski definition) is 1. The summed E-state index contributed by atoms with van der Waals surface area (Å²) in [7, 11) is -5.75. The third-order valence-corrected chi connectivity index (χ3v) is 10.4. The molecule has 35 heavy (non-hydrogen) atoms. The molecule has 0 bridgehead atoms. The molecule has 4 rings (SSSR count). The van der Waals surface area contributed by atoms with E-state index < -0.39 is 26.0 Å². The molecule has 0 atom stereocenters. The van der Waals surface area contributed by atoms with Crippen molar-refractivity contribution in [1.82, 2.24) is 4.31 Å². The minimum absolute atomic E-state index is 0.195. The summed E-state index contributed by atoms with van der Waals surface area (Å²) in [6.07, 6.45) is 5.41. The predicted molar refractivity (Wildman–Crippen MR) is 137 cm³/mol. The Bertz CT molecular complexity index is 1280. The number of benzene rings is 2. The smallest absolute Gasteiger partial charge is 0.257 e. The van der Waals surface area contributed by atoms with Gasteiger partial charge in [-0.25, -0.2) is 16.8 Å². The van der Waals surface area contributed by atoms with E-state index in [1.165, 1.54) is 32.0 Å². The molecule has 0 radical (unpaired) electrons. The SMILES string of the molecule is CC1CC(C2CCN(S(=O)(=O)c3ccc(NC(=O)c4ccccc4N(C)S(C)(=O)=O)cc3)CC2)C1. The van der Waals surface area contributed by atoms with Crippen LogP contribution in [0, 0.1) is 17.8 Å². The van der Waals surface area contributed by atoms with E-state index in [-0.39, 0.29) is 16.1 Å². The zero-order valence-electron chi connectivity index (χ0n) is 20.3. The lowest BCUT2D eigenvalue weighted by atomic mass is 9.67. The molecule has 0 spiro atoms. The maximum atomic E-state index is 13.1. The van der Waals surface area contributed by atoms with Crippen molar-refractivity contribution in [3.63, 3.8) is 0 Å². The largest absolute Gasteiger partial charge is 0.322 e. The summed E-state index contributed by atoms with van der Waals surface area (Å²) < 4.78 is 52.8. The number of carbonyl (C=O) groups is 1. The summed E-state index contributed by atoms with van der Waals surface area (Å²) in [6, 6.07) is 12.5. The third kappa shape index (κ3) is 5.54. The number of para-hydroxylation sites is 1. The van der Waals surface area contributed by atoms with Crippen molar-refractivity contribution < 1.29 is 21.6 Å². The summed E-state index contributed by atoms with van der Waals surface area (Å²) in [5, 5.41) is 2.73. The second-order valence-electron chi connectivity index (χ2n) is 9.80. The van der Waals surface area contributed by atoms with E-state index in [4.69, 9.17) is 0 Å². The summed E-state index contributed by atoms with van der Waals surface area (Å²) >= 11 is 0. The average molecular weight is 520 g/mol. The molecule has 0 aromatic heterocycles. The van der Waals surface area contributed by atoms with E-state index in [1.807, 2.05) is 0 Å². The number of piperidine rings is 1. The van der Waals surface area contributed by atoms with E-state index >= 15 is 0 Å². The van der Waals surface area contributed by atoms with Gasteiger partial charge in [0.1, 0.15) is 0 Å². The summed E-state index contributed by atoms with van der Waals surface area (Å²) in [4.78, 5) is 13.1. The van der Waals surface area contributed by atoms with E-state index in [0.29, 0.717) is 24.7 Å². The Balaban J connectivity index is 1.42. The van der Waals surface area contributed by atoms with Crippen molar-refractivity contribution in [2.24, 2.45) is 17.8 Å². The number of anilines is 2. The molecule has 1 saturated heterocycles. The zero-order valence-corrected chi connectivity index (χ0v) is 22.0. The number of hydrogen-bond acceptors (Lipinski definition) is 5. The van der Waals surface area contributed by atoms with Gasteiger partial charge in [0.25, 0.3) is 5.91 Å². The Hall–Kier alpha value is -2.43. The van der Waals surface area contributed by atoms with Gasteiger partial charge in [-0.3, -0.25) is 9.10 Å². The van der Waals surface area contributed by atoms with Crippen molar-refractivity contribution in [3.05, 3.63) is 54.1 Å². The molecule has 2 fully saturated rings. The summed E-state index contributed by atoms with van der Waals surface area (Å²) in [5.74, 6) is 1.69. The lowest BCUT2D eigenvalue weighted by Gasteiger charge is -2.42. The highest BCUT2D eigenvalue weighted by atomic mass is 32.2. The molecule has 2 aromatic carbocycles. The molecule has 8 nitrogen and oxygen atoms in total. The average Bonchev–Trinajstić information content (AvgIpc) is 2.81. The molecule has 1 saturated carbocycles. The minimum atomic E-state index is -3.60. The maximum Gasteiger partial charge on any atom is 0.257 e. The van der Waals surface area contributed by atoms with Gasteiger partial charge in [0.2, 0.25) is 20.0 Å². The molecule has 1 N–H and O–H groups in total. The van der Waals surface area contributed by atoms with Crippen LogP contribution in [0.4, 0.5) is 11.4 Å². The fourth-order valence-corrected chi connectivity index (χ4v) is 7.10. The van der Waals surface area contributed by atoms with Crippen LogP contribution in [-0.2, 0) is 20.0 Å². The minimum Gasteiger partial charge on any atom is -0.322 e. The monoisotopic (exact) mass is 519 g/mol. The Kier molecular flexibility index (Phi) is 7.26. The zero-order chi connectivity index (χ0) is 25.4. The van der Waals surface area contributed by atoms with Crippen LogP contribution in [-0.4, -0.2) is 53.4 Å². The molecule has 190 valence electrons. The predicted octanol–water partition coefficient (Wildman–Crippen LogP) is 3.78. The number of carbonyl (C=O) groups excluding carboxylic acids is 1. The summed E-state index contributed by atoms with van der Waals surface area (Å²) in [6.45, 7) is 3.36. The van der Waals surface area contributed by atoms with Gasteiger partial charge in [-0.2, -0.15) is 4.31 Å². The third-order valence-electron chi connectivity index (χ3n) is 7.31. The fourth-order valence-electron chi connectivity index (χ4n) is 5.11. The highest BCUT2D eigenvalue weighted by Gasteiger charge is 2.37. The molecule has 2 aliphatic rings. The van der Waals surface area contributed by atoms with Crippen LogP contribution in [0.1, 0.15) is 43.0 Å². The second-order valence-corrected chi connectivity index (χ2v) is 13.8. The van der Waals surface area contributed by atoms with Crippen LogP contribution in [0.15, 0.2) is 53.4 Å². The molecule has 0 unspecified atom stereocenters. The number of nitrogens with zero attached hydrogens (tertiary/aromatic N) is 2. The summed E-state index contributed by atoms with van der Waals surface area (Å²) in [5.41, 5.74) is 0.871. The highest BCUT2D eigenvalue weighted by Crippen LogP contribution is 2.43. The van der Waals surface area contributed by atoms with Gasteiger partial charge in [-0.15, -0.1) is 0 Å². The van der Waals surface area contributed by atoms with Gasteiger partial charge in [-0.1, -0.05) is 19.1 Å². The van der Waals surface area contributed by atoms with Crippen molar-refractivity contribution in [1.29, 1.82) is 0 Å². The quantitative estimate of drug-likeness (QED) is 0.600. The van der Waals surface area contributed by atoms with E-state index in [2.05, 4.69) is 12.2 Å². The molecule has 1 aliphatic heterocycles. The molecule has 1 heterocycles. The van der Waals surface area contributed by atoms with Crippen molar-refractivity contribution in [3.8, 4) is 0 Å². The second kappa shape index (κ2) is 9.91. The molecule has 10 heteroatoms.